The SMILES string of the molecule is c1ccc(-c2cc(-c3ccc4oc5c(-c6nc(-c7ccccc7)nc(-c7ccccc7)n6)cccc5c4c3)c3sc4ccccc4c3c2)cc1. The van der Waals surface area contributed by atoms with Gasteiger partial charge in [-0.05, 0) is 53.1 Å². The quantitative estimate of drug-likeness (QED) is 0.185. The van der Waals surface area contributed by atoms with Gasteiger partial charge < -0.3 is 4.42 Å². The second-order valence-corrected chi connectivity index (χ2v) is 13.5. The maximum absolute atomic E-state index is 6.65. The molecule has 234 valence electrons. The first kappa shape index (κ1) is 28.6. The zero-order chi connectivity index (χ0) is 33.0. The molecule has 0 amide bonds. The minimum atomic E-state index is 0.574. The summed E-state index contributed by atoms with van der Waals surface area (Å²) in [5, 5.41) is 4.64. The summed E-state index contributed by atoms with van der Waals surface area (Å²) in [7, 11) is 0. The van der Waals surface area contributed by atoms with Gasteiger partial charge in [-0.1, -0.05) is 127 Å². The number of hydrogen-bond donors (Lipinski definition) is 0. The minimum Gasteiger partial charge on any atom is -0.455 e. The van der Waals surface area contributed by atoms with E-state index in [4.69, 9.17) is 19.4 Å². The molecule has 0 atom stereocenters. The summed E-state index contributed by atoms with van der Waals surface area (Å²) in [6, 6.07) is 56.9. The van der Waals surface area contributed by atoms with E-state index in [1.165, 1.54) is 36.9 Å². The van der Waals surface area contributed by atoms with Gasteiger partial charge in [-0.15, -0.1) is 11.3 Å². The molecule has 0 unspecified atom stereocenters. The summed E-state index contributed by atoms with van der Waals surface area (Å²) in [6.07, 6.45) is 0. The second kappa shape index (κ2) is 11.6. The molecule has 50 heavy (non-hydrogen) atoms. The van der Waals surface area contributed by atoms with Gasteiger partial charge in [0.2, 0.25) is 0 Å². The Morgan fingerprint density at radius 1 is 0.380 bits per heavy atom. The van der Waals surface area contributed by atoms with Crippen molar-refractivity contribution < 1.29 is 4.42 Å². The molecule has 0 radical (unpaired) electrons. The Morgan fingerprint density at radius 3 is 1.70 bits per heavy atom. The normalized spacial score (nSPS) is 11.6. The van der Waals surface area contributed by atoms with E-state index in [0.29, 0.717) is 17.5 Å². The molecule has 10 aromatic rings. The molecule has 0 aliphatic heterocycles. The van der Waals surface area contributed by atoms with Crippen LogP contribution in [0.2, 0.25) is 0 Å². The summed E-state index contributed by atoms with van der Waals surface area (Å²) >= 11 is 1.85. The van der Waals surface area contributed by atoms with Crippen LogP contribution in [-0.4, -0.2) is 15.0 Å². The number of furan rings is 1. The van der Waals surface area contributed by atoms with E-state index in [0.717, 1.165) is 44.2 Å². The lowest BCUT2D eigenvalue weighted by atomic mass is 9.95. The molecule has 0 saturated heterocycles. The van der Waals surface area contributed by atoms with Gasteiger partial charge in [-0.3, -0.25) is 0 Å². The largest absolute Gasteiger partial charge is 0.455 e. The van der Waals surface area contributed by atoms with Crippen molar-refractivity contribution in [2.75, 3.05) is 0 Å². The molecule has 0 aliphatic rings. The van der Waals surface area contributed by atoms with Crippen molar-refractivity contribution in [1.29, 1.82) is 0 Å². The number of benzene rings is 7. The van der Waals surface area contributed by atoms with E-state index in [9.17, 15) is 0 Å². The third-order valence-corrected chi connectivity index (χ3v) is 10.6. The van der Waals surface area contributed by atoms with Gasteiger partial charge in [-0.25, -0.2) is 15.0 Å². The van der Waals surface area contributed by atoms with Crippen LogP contribution in [0, 0.1) is 0 Å². The van der Waals surface area contributed by atoms with Gasteiger partial charge in [0.25, 0.3) is 0 Å². The molecule has 0 spiro atoms. The Kier molecular flexibility index (Phi) is 6.64. The summed E-state index contributed by atoms with van der Waals surface area (Å²) in [5.41, 5.74) is 9.04. The Balaban J connectivity index is 1.17. The fraction of sp³-hybridized carbons (Fsp3) is 0. The van der Waals surface area contributed by atoms with Crippen LogP contribution >= 0.6 is 11.3 Å². The molecular weight excluding hydrogens is 631 g/mol. The predicted molar refractivity (Wildman–Crippen MR) is 207 cm³/mol. The number of fused-ring (bicyclic) bond motifs is 6. The molecule has 0 fully saturated rings. The van der Waals surface area contributed by atoms with Crippen molar-refractivity contribution in [3.05, 3.63) is 164 Å². The topological polar surface area (TPSA) is 51.8 Å². The number of para-hydroxylation sites is 1. The third kappa shape index (κ3) is 4.79. The number of thiophene rings is 1. The van der Waals surface area contributed by atoms with E-state index in [-0.39, 0.29) is 0 Å². The van der Waals surface area contributed by atoms with E-state index < -0.39 is 0 Å². The monoisotopic (exact) mass is 657 g/mol. The Labute approximate surface area is 292 Å². The van der Waals surface area contributed by atoms with Crippen molar-refractivity contribution in [2.24, 2.45) is 0 Å². The van der Waals surface area contributed by atoms with Gasteiger partial charge >= 0.3 is 0 Å². The first-order chi connectivity index (χ1) is 24.8. The number of hydrogen-bond acceptors (Lipinski definition) is 5. The molecule has 0 aliphatic carbocycles. The van der Waals surface area contributed by atoms with Crippen LogP contribution in [0.25, 0.3) is 98.5 Å². The molecule has 10 rings (SSSR count). The van der Waals surface area contributed by atoms with E-state index >= 15 is 0 Å². The van der Waals surface area contributed by atoms with Gasteiger partial charge in [0.05, 0.1) is 5.56 Å². The molecule has 3 aromatic heterocycles. The lowest BCUT2D eigenvalue weighted by Gasteiger charge is -2.09. The second-order valence-electron chi connectivity index (χ2n) is 12.4. The highest BCUT2D eigenvalue weighted by atomic mass is 32.1. The highest BCUT2D eigenvalue weighted by Crippen LogP contribution is 2.44. The van der Waals surface area contributed by atoms with Gasteiger partial charge in [0.15, 0.2) is 17.5 Å². The highest BCUT2D eigenvalue weighted by Gasteiger charge is 2.19. The maximum atomic E-state index is 6.65. The fourth-order valence-corrected chi connectivity index (χ4v) is 8.13. The fourth-order valence-electron chi connectivity index (χ4n) is 6.91. The van der Waals surface area contributed by atoms with Crippen LogP contribution in [-0.2, 0) is 0 Å². The van der Waals surface area contributed by atoms with Gasteiger partial charge in [0.1, 0.15) is 11.2 Å². The van der Waals surface area contributed by atoms with Crippen molar-refractivity contribution in [3.8, 4) is 56.4 Å². The predicted octanol–water partition coefficient (Wildman–Crippen LogP) is 12.5. The average molecular weight is 658 g/mol. The zero-order valence-corrected chi connectivity index (χ0v) is 27.6. The summed E-state index contributed by atoms with van der Waals surface area (Å²) < 4.78 is 9.22. The first-order valence-electron chi connectivity index (χ1n) is 16.6. The van der Waals surface area contributed by atoms with Crippen molar-refractivity contribution in [2.45, 2.75) is 0 Å². The lowest BCUT2D eigenvalue weighted by Crippen LogP contribution is -2.00. The summed E-state index contributed by atoms with van der Waals surface area (Å²) in [4.78, 5) is 14.9. The van der Waals surface area contributed by atoms with Gasteiger partial charge in [-0.2, -0.15) is 0 Å². The third-order valence-electron chi connectivity index (χ3n) is 9.33. The average Bonchev–Trinajstić information content (AvgIpc) is 3.76. The molecule has 7 aromatic carbocycles. The zero-order valence-electron chi connectivity index (χ0n) is 26.7. The molecule has 3 heterocycles. The molecule has 4 nitrogen and oxygen atoms in total. The Morgan fingerprint density at radius 2 is 0.980 bits per heavy atom. The first-order valence-corrected chi connectivity index (χ1v) is 17.4. The van der Waals surface area contributed by atoms with Crippen molar-refractivity contribution >= 4 is 53.4 Å². The van der Waals surface area contributed by atoms with E-state index in [1.54, 1.807) is 0 Å². The molecule has 0 bridgehead atoms. The molecule has 0 saturated carbocycles. The minimum absolute atomic E-state index is 0.574. The Hall–Kier alpha value is -6.43. The van der Waals surface area contributed by atoms with E-state index in [2.05, 4.69) is 97.1 Å². The Bertz CT molecular complexity index is 2800. The smallest absolute Gasteiger partial charge is 0.167 e. The van der Waals surface area contributed by atoms with Crippen molar-refractivity contribution in [3.63, 3.8) is 0 Å². The van der Waals surface area contributed by atoms with Gasteiger partial charge in [0, 0.05) is 47.6 Å². The van der Waals surface area contributed by atoms with Crippen molar-refractivity contribution in [1.82, 2.24) is 15.0 Å². The molecular formula is C45H27N3OS. The number of rotatable bonds is 5. The summed E-state index contributed by atoms with van der Waals surface area (Å²) in [6.45, 7) is 0. The van der Waals surface area contributed by atoms with Crippen LogP contribution in [0.1, 0.15) is 0 Å². The number of aromatic nitrogens is 3. The van der Waals surface area contributed by atoms with Crippen LogP contribution in [0.3, 0.4) is 0 Å². The lowest BCUT2D eigenvalue weighted by molar-refractivity contribution is 0.669. The summed E-state index contributed by atoms with van der Waals surface area (Å²) in [5.74, 6) is 1.82. The number of nitrogens with zero attached hydrogens (tertiary/aromatic N) is 3. The highest BCUT2D eigenvalue weighted by molar-refractivity contribution is 7.26. The van der Waals surface area contributed by atoms with Crippen LogP contribution < -0.4 is 0 Å². The van der Waals surface area contributed by atoms with Crippen LogP contribution in [0.5, 0.6) is 0 Å². The van der Waals surface area contributed by atoms with Crippen LogP contribution in [0.4, 0.5) is 0 Å². The van der Waals surface area contributed by atoms with Crippen LogP contribution in [0.15, 0.2) is 168 Å². The molecule has 5 heteroatoms. The molecule has 0 N–H and O–H groups in total. The van der Waals surface area contributed by atoms with E-state index in [1.807, 2.05) is 78.1 Å². The maximum Gasteiger partial charge on any atom is 0.167 e. The standard InChI is InChI=1S/C45H27N3OS/c1-4-13-28(14-5-1)32-26-36(42-38(27-32)33-19-10-11-22-40(33)50-42)31-23-24-39-37(25-31)34-20-12-21-35(41(34)49-39)45-47-43(29-15-6-2-7-16-29)46-44(48-45)30-17-8-3-9-18-30/h1-27H.